The standard InChI is InChI=1S/C25H24N4O8/c30-23-20(24(31)37-25(36-23)9-1-2-10-25)15-17-3-8-21(22(16-17)29(34)35)27-13-11-26(12-14-27)18-4-6-19(7-5-18)28(32)33/h3-8,15-16H,1-2,9-14H2. The Balaban J connectivity index is 1.31. The van der Waals surface area contributed by atoms with E-state index in [1.54, 1.807) is 24.3 Å². The molecule has 2 aromatic rings. The number of carbonyl (C=O) groups excluding carboxylic acids is 2. The molecule has 2 aromatic carbocycles. The molecule has 1 aliphatic carbocycles. The van der Waals surface area contributed by atoms with Crippen LogP contribution in [0.1, 0.15) is 31.2 Å². The number of nitrogens with zero attached hydrogens (tertiary/aromatic N) is 4. The van der Waals surface area contributed by atoms with Crippen LogP contribution in [0.2, 0.25) is 0 Å². The highest BCUT2D eigenvalue weighted by Crippen LogP contribution is 2.39. The number of non-ortho nitro benzene ring substituents is 1. The van der Waals surface area contributed by atoms with Gasteiger partial charge in [0.2, 0.25) is 0 Å². The predicted molar refractivity (Wildman–Crippen MR) is 132 cm³/mol. The van der Waals surface area contributed by atoms with Crippen molar-refractivity contribution in [2.75, 3.05) is 36.0 Å². The molecule has 0 unspecified atom stereocenters. The van der Waals surface area contributed by atoms with Gasteiger partial charge in [-0.25, -0.2) is 9.59 Å². The van der Waals surface area contributed by atoms with Gasteiger partial charge in [-0.1, -0.05) is 6.07 Å². The summed E-state index contributed by atoms with van der Waals surface area (Å²) in [6.07, 6.45) is 3.80. The Morgan fingerprint density at radius 3 is 1.97 bits per heavy atom. The van der Waals surface area contributed by atoms with Gasteiger partial charge in [-0.05, 0) is 42.7 Å². The van der Waals surface area contributed by atoms with Gasteiger partial charge in [-0.2, -0.15) is 0 Å². The first-order chi connectivity index (χ1) is 17.7. The van der Waals surface area contributed by atoms with E-state index in [0.717, 1.165) is 18.5 Å². The number of piperazine rings is 1. The van der Waals surface area contributed by atoms with Crippen LogP contribution in [0, 0.1) is 20.2 Å². The van der Waals surface area contributed by atoms with Gasteiger partial charge < -0.3 is 19.3 Å². The minimum absolute atomic E-state index is 0.0147. The number of nitro benzene ring substituents is 2. The van der Waals surface area contributed by atoms with Gasteiger partial charge in [0.05, 0.1) is 9.85 Å². The van der Waals surface area contributed by atoms with E-state index in [4.69, 9.17) is 9.47 Å². The lowest BCUT2D eigenvalue weighted by Gasteiger charge is -2.37. The molecule has 0 N–H and O–H groups in total. The van der Waals surface area contributed by atoms with Crippen LogP contribution in [0.4, 0.5) is 22.7 Å². The number of benzene rings is 2. The van der Waals surface area contributed by atoms with Crippen molar-refractivity contribution in [1.82, 2.24) is 0 Å². The Bertz CT molecular complexity index is 1270. The molecule has 0 amide bonds. The van der Waals surface area contributed by atoms with Crippen molar-refractivity contribution >= 4 is 40.8 Å². The van der Waals surface area contributed by atoms with Crippen LogP contribution in [0.15, 0.2) is 48.0 Å². The lowest BCUT2D eigenvalue weighted by molar-refractivity contribution is -0.384. The minimum atomic E-state index is -1.18. The molecule has 12 heteroatoms. The second-order valence-electron chi connectivity index (χ2n) is 9.21. The maximum atomic E-state index is 12.5. The maximum absolute atomic E-state index is 12.5. The summed E-state index contributed by atoms with van der Waals surface area (Å²) in [5.74, 6) is -2.75. The number of hydrogen-bond acceptors (Lipinski definition) is 10. The van der Waals surface area contributed by atoms with Crippen molar-refractivity contribution in [2.24, 2.45) is 0 Å². The zero-order valence-electron chi connectivity index (χ0n) is 19.8. The summed E-state index contributed by atoms with van der Waals surface area (Å²) in [5.41, 5.74) is 1.15. The lowest BCUT2D eigenvalue weighted by atomic mass is 10.1. The molecule has 2 aliphatic heterocycles. The molecule has 1 spiro atoms. The summed E-state index contributed by atoms with van der Waals surface area (Å²) >= 11 is 0. The van der Waals surface area contributed by atoms with Crippen LogP contribution >= 0.6 is 0 Å². The number of ether oxygens (including phenoxy) is 2. The van der Waals surface area contributed by atoms with Crippen molar-refractivity contribution < 1.29 is 28.9 Å². The first-order valence-corrected chi connectivity index (χ1v) is 12.0. The largest absolute Gasteiger partial charge is 0.419 e. The summed E-state index contributed by atoms with van der Waals surface area (Å²) in [5, 5.41) is 22.8. The van der Waals surface area contributed by atoms with Gasteiger partial charge in [0.25, 0.3) is 17.2 Å². The first kappa shape index (κ1) is 24.2. The molecule has 2 saturated heterocycles. The summed E-state index contributed by atoms with van der Waals surface area (Å²) in [6, 6.07) is 10.8. The second-order valence-corrected chi connectivity index (χ2v) is 9.21. The fraction of sp³-hybridized carbons (Fsp3) is 0.360. The average molecular weight is 508 g/mol. The van der Waals surface area contributed by atoms with E-state index in [9.17, 15) is 29.8 Å². The molecule has 0 atom stereocenters. The highest BCUT2D eigenvalue weighted by Gasteiger charge is 2.48. The second kappa shape index (κ2) is 9.52. The third-order valence-corrected chi connectivity index (χ3v) is 6.92. The average Bonchev–Trinajstić information content (AvgIpc) is 3.33. The van der Waals surface area contributed by atoms with Crippen molar-refractivity contribution in [2.45, 2.75) is 31.5 Å². The summed E-state index contributed by atoms with van der Waals surface area (Å²) in [6.45, 7) is 2.14. The molecule has 3 fully saturated rings. The zero-order valence-corrected chi connectivity index (χ0v) is 19.8. The predicted octanol–water partition coefficient (Wildman–Crippen LogP) is 3.58. The molecule has 0 bridgehead atoms. The molecule has 5 rings (SSSR count). The Morgan fingerprint density at radius 2 is 1.41 bits per heavy atom. The maximum Gasteiger partial charge on any atom is 0.348 e. The van der Waals surface area contributed by atoms with E-state index in [-0.39, 0.29) is 16.9 Å². The van der Waals surface area contributed by atoms with E-state index in [1.807, 2.05) is 4.90 Å². The number of esters is 2. The Morgan fingerprint density at radius 1 is 0.811 bits per heavy atom. The highest BCUT2D eigenvalue weighted by atomic mass is 16.7. The van der Waals surface area contributed by atoms with Gasteiger partial charge in [0.1, 0.15) is 11.3 Å². The van der Waals surface area contributed by atoms with E-state index >= 15 is 0 Å². The Hall–Kier alpha value is -4.48. The normalized spacial score (nSPS) is 19.0. The number of hydrogen-bond donors (Lipinski definition) is 0. The van der Waals surface area contributed by atoms with Crippen LogP contribution in [-0.2, 0) is 19.1 Å². The van der Waals surface area contributed by atoms with Crippen LogP contribution < -0.4 is 9.80 Å². The van der Waals surface area contributed by atoms with E-state index in [1.165, 1.54) is 24.3 Å². The minimum Gasteiger partial charge on any atom is -0.419 e. The van der Waals surface area contributed by atoms with Crippen LogP contribution in [0.5, 0.6) is 0 Å². The number of carbonyl (C=O) groups is 2. The SMILES string of the molecule is O=C1OC2(CCCC2)OC(=O)C1=Cc1ccc(N2CCN(c3ccc([N+](=O)[O-])cc3)CC2)c([N+](=O)[O-])c1. The van der Waals surface area contributed by atoms with Gasteiger partial charge in [0.15, 0.2) is 0 Å². The number of nitro groups is 2. The molecule has 3 aliphatic rings. The van der Waals surface area contributed by atoms with Crippen LogP contribution in [-0.4, -0.2) is 53.8 Å². The molecule has 0 aromatic heterocycles. The van der Waals surface area contributed by atoms with Crippen LogP contribution in [0.25, 0.3) is 6.08 Å². The van der Waals surface area contributed by atoms with Crippen molar-refractivity contribution in [3.63, 3.8) is 0 Å². The fourth-order valence-electron chi connectivity index (χ4n) is 4.99. The van der Waals surface area contributed by atoms with E-state index in [0.29, 0.717) is 50.3 Å². The van der Waals surface area contributed by atoms with Gasteiger partial charge >= 0.3 is 11.9 Å². The molecular weight excluding hydrogens is 484 g/mol. The quantitative estimate of drug-likeness (QED) is 0.193. The molecule has 1 saturated carbocycles. The fourth-order valence-corrected chi connectivity index (χ4v) is 4.99. The molecule has 2 heterocycles. The zero-order chi connectivity index (χ0) is 26.2. The van der Waals surface area contributed by atoms with E-state index in [2.05, 4.69) is 4.90 Å². The van der Waals surface area contributed by atoms with Crippen LogP contribution in [0.3, 0.4) is 0 Å². The van der Waals surface area contributed by atoms with Gasteiger partial charge in [-0.3, -0.25) is 20.2 Å². The van der Waals surface area contributed by atoms with Crippen molar-refractivity contribution in [1.29, 1.82) is 0 Å². The van der Waals surface area contributed by atoms with E-state index < -0.39 is 27.6 Å². The molecule has 37 heavy (non-hydrogen) atoms. The Kier molecular flexibility index (Phi) is 6.24. The first-order valence-electron chi connectivity index (χ1n) is 12.0. The van der Waals surface area contributed by atoms with Crippen molar-refractivity contribution in [3.8, 4) is 0 Å². The lowest BCUT2D eigenvalue weighted by Crippen LogP contribution is -2.46. The summed E-state index contributed by atoms with van der Waals surface area (Å²) in [7, 11) is 0. The van der Waals surface area contributed by atoms with Gasteiger partial charge in [0, 0.05) is 62.9 Å². The topological polar surface area (TPSA) is 145 Å². The molecule has 192 valence electrons. The number of anilines is 2. The third-order valence-electron chi connectivity index (χ3n) is 6.92. The van der Waals surface area contributed by atoms with Crippen molar-refractivity contribution in [3.05, 3.63) is 73.8 Å². The summed E-state index contributed by atoms with van der Waals surface area (Å²) in [4.78, 5) is 50.8. The monoisotopic (exact) mass is 508 g/mol. The summed E-state index contributed by atoms with van der Waals surface area (Å²) < 4.78 is 10.8. The Labute approximate surface area is 211 Å². The number of rotatable bonds is 5. The molecule has 0 radical (unpaired) electrons. The molecular formula is C25H24N4O8. The highest BCUT2D eigenvalue weighted by molar-refractivity contribution is 6.19. The third kappa shape index (κ3) is 4.82. The smallest absolute Gasteiger partial charge is 0.348 e. The van der Waals surface area contributed by atoms with Gasteiger partial charge in [-0.15, -0.1) is 0 Å². The molecule has 12 nitrogen and oxygen atoms in total.